The zero-order chi connectivity index (χ0) is 64.6. The van der Waals surface area contributed by atoms with Crippen molar-refractivity contribution >= 4 is 107 Å². The van der Waals surface area contributed by atoms with Crippen LogP contribution in [0.3, 0.4) is 0 Å². The van der Waals surface area contributed by atoms with Crippen LogP contribution in [0.15, 0.2) is 104 Å². The second-order valence-corrected chi connectivity index (χ2v) is 28.2. The van der Waals surface area contributed by atoms with Gasteiger partial charge in [0.2, 0.25) is 5.69 Å². The Kier molecular flexibility index (Phi) is 22.5. The van der Waals surface area contributed by atoms with Crippen LogP contribution in [0.5, 0.6) is 0 Å². The van der Waals surface area contributed by atoms with Gasteiger partial charge in [0.05, 0.1) is 74.8 Å². The predicted molar refractivity (Wildman–Crippen MR) is 308 cm³/mol. The summed E-state index contributed by atoms with van der Waals surface area (Å²) in [6.45, 7) is 5.20. The Morgan fingerprint density at radius 2 is 1.14 bits per heavy atom. The zero-order valence-corrected chi connectivity index (χ0v) is 52.4. The monoisotopic (exact) mass is 1320 g/mol. The molecule has 0 radical (unpaired) electrons. The molecule has 4 aromatic carbocycles. The van der Waals surface area contributed by atoms with E-state index >= 15 is 0 Å². The summed E-state index contributed by atoms with van der Waals surface area (Å²) in [7, 11) is -23.5. The first-order chi connectivity index (χ1) is 41.3. The van der Waals surface area contributed by atoms with E-state index in [1.165, 1.54) is 32.4 Å². The Bertz CT molecular complexity index is 4060. The molecule has 2 amide bonds. The standard InChI is InChI=1S/C56H69N3O24S5/c1-55(21-11-33-84(63,64)65)48(58(24-26-78-3)45-18-16-40-42(53(45)55)34-38(85(66,67)68)36-46(40)87(72,73)74)12-7-5-8-13-49-56(2,22-25-80-29-30-82-32-31-81-28-27-79-4)54-43-35-39(86(69,70)71)37-47(88(75,76)77)41(43)15-17-44(54)57(49)23-10-6-9-14-52(62)83-59-50(60)19-20-51(59)61/h5,7-8,12-13,15-18,34-37H,6,9-11,14,19-33H2,1-4H3,(H4-,63,64,65,66,67,68,69,70,71,72,73,74,75,76,77)/p-4. The number of carbonyl (C=O) groups excluding carboxylic acids is 3. The molecule has 4 aromatic rings. The summed E-state index contributed by atoms with van der Waals surface area (Å²) in [5, 5.41) is -0.172. The molecule has 0 spiro atoms. The molecule has 0 aliphatic carbocycles. The summed E-state index contributed by atoms with van der Waals surface area (Å²) >= 11 is 0. The van der Waals surface area contributed by atoms with Crippen molar-refractivity contribution in [3.63, 3.8) is 0 Å². The molecule has 2 unspecified atom stereocenters. The van der Waals surface area contributed by atoms with E-state index in [0.29, 0.717) is 71.6 Å². The third-order valence-corrected chi connectivity index (χ3v) is 19.5. The Morgan fingerprint density at radius 3 is 1.68 bits per heavy atom. The molecule has 32 heteroatoms. The van der Waals surface area contributed by atoms with Gasteiger partial charge in [0.15, 0.2) is 12.3 Å². The van der Waals surface area contributed by atoms with E-state index in [9.17, 15) is 79.2 Å². The lowest BCUT2D eigenvalue weighted by molar-refractivity contribution is -0.441. The van der Waals surface area contributed by atoms with Gasteiger partial charge in [0, 0.05) is 92.3 Å². The van der Waals surface area contributed by atoms with Crippen LogP contribution in [0.1, 0.15) is 82.8 Å². The number of hydroxylamine groups is 2. The molecule has 482 valence electrons. The maximum absolute atomic E-state index is 12.9. The van der Waals surface area contributed by atoms with Crippen molar-refractivity contribution in [2.24, 2.45) is 0 Å². The molecule has 7 rings (SSSR count). The molecule has 0 aromatic heterocycles. The third-order valence-electron chi connectivity index (χ3n) is 15.3. The summed E-state index contributed by atoms with van der Waals surface area (Å²) in [5.74, 6) is -2.96. The van der Waals surface area contributed by atoms with E-state index in [1.54, 1.807) is 54.9 Å². The summed E-state index contributed by atoms with van der Waals surface area (Å²) in [6, 6.07) is 8.53. The minimum Gasteiger partial charge on any atom is -0.748 e. The quantitative estimate of drug-likeness (QED) is 0.0214. The number of allylic oxidation sites excluding steroid dienone is 6. The molecule has 1 saturated heterocycles. The van der Waals surface area contributed by atoms with E-state index in [2.05, 4.69) is 0 Å². The van der Waals surface area contributed by atoms with Crippen LogP contribution < -0.4 is 4.90 Å². The Labute approximate surface area is 510 Å². The largest absolute Gasteiger partial charge is 0.748 e. The fourth-order valence-corrected chi connectivity index (χ4v) is 14.4. The van der Waals surface area contributed by atoms with E-state index in [0.717, 1.165) is 12.1 Å². The van der Waals surface area contributed by atoms with Crippen LogP contribution in [-0.2, 0) is 104 Å². The number of amides is 2. The molecule has 88 heavy (non-hydrogen) atoms. The van der Waals surface area contributed by atoms with Crippen molar-refractivity contribution in [3.05, 3.63) is 95.7 Å². The molecular weight excluding hydrogens is 1260 g/mol. The number of hydrogen-bond donors (Lipinski definition) is 0. The molecule has 3 aliphatic rings. The number of unbranched alkanes of at least 4 members (excludes halogenated alkanes) is 2. The highest BCUT2D eigenvalue weighted by atomic mass is 32.2. The van der Waals surface area contributed by atoms with E-state index in [1.807, 2.05) is 4.90 Å². The van der Waals surface area contributed by atoms with Gasteiger partial charge < -0.3 is 56.2 Å². The van der Waals surface area contributed by atoms with Gasteiger partial charge in [0.1, 0.15) is 47.1 Å². The fourth-order valence-electron chi connectivity index (χ4n) is 11.3. The fraction of sp³-hybridized carbons (Fsp3) is 0.464. The average Bonchev–Trinajstić information content (AvgIpc) is 2.06. The first-order valence-corrected chi connectivity index (χ1v) is 34.7. The SMILES string of the molecule is COCCOCCOCCOCCC1(C)\C(=C/C=C/C=C/C2=[N+](CCOC)c3ccc4c(S(=O)(=O)[O-])cc(S(=O)(=O)[O-])cc4c3C2(C)CCCS(=O)(=O)[O-])N(CCCCCC(=O)ON2C(=O)CCC2=O)c2ccc3c(S(=O)(=O)[O-])cc(S(=O)(=O)[O-])cc3c21. The molecular formula is C56H65N3O24S5-4. The Morgan fingerprint density at radius 1 is 0.591 bits per heavy atom. The normalized spacial score (nSPS) is 19.0. The molecule has 1 fully saturated rings. The second kappa shape index (κ2) is 28.5. The van der Waals surface area contributed by atoms with Gasteiger partial charge in [-0.2, -0.15) is 4.58 Å². The van der Waals surface area contributed by atoms with Crippen LogP contribution in [0.25, 0.3) is 21.5 Å². The molecule has 2 atom stereocenters. The van der Waals surface area contributed by atoms with Gasteiger partial charge in [-0.05, 0) is 110 Å². The maximum Gasteiger partial charge on any atom is 0.333 e. The highest BCUT2D eigenvalue weighted by Crippen LogP contribution is 2.54. The molecule has 0 bridgehead atoms. The number of rotatable bonds is 33. The molecule has 27 nitrogen and oxygen atoms in total. The smallest absolute Gasteiger partial charge is 0.333 e. The van der Waals surface area contributed by atoms with E-state index in [4.69, 9.17) is 28.5 Å². The second-order valence-electron chi connectivity index (χ2n) is 21.2. The molecule has 0 saturated carbocycles. The minimum absolute atomic E-state index is 0.00715. The van der Waals surface area contributed by atoms with Gasteiger partial charge in [-0.3, -0.25) is 9.59 Å². The van der Waals surface area contributed by atoms with Crippen molar-refractivity contribution in [3.8, 4) is 0 Å². The first kappa shape index (κ1) is 69.5. The lowest BCUT2D eigenvalue weighted by Crippen LogP contribution is -2.32. The number of carbonyl (C=O) groups is 3. The third kappa shape index (κ3) is 16.3. The van der Waals surface area contributed by atoms with Crippen molar-refractivity contribution < 1.29 is 112 Å². The lowest BCUT2D eigenvalue weighted by Gasteiger charge is -2.31. The number of methoxy groups -OCH3 is 2. The molecule has 3 heterocycles. The van der Waals surface area contributed by atoms with Crippen molar-refractivity contribution in [1.82, 2.24) is 5.06 Å². The zero-order valence-electron chi connectivity index (χ0n) is 48.3. The summed E-state index contributed by atoms with van der Waals surface area (Å²) in [6.07, 6.45) is 8.29. The molecule has 0 N–H and O–H groups in total. The van der Waals surface area contributed by atoms with Crippen molar-refractivity contribution in [1.29, 1.82) is 0 Å². The maximum atomic E-state index is 12.9. The number of hydrogen-bond acceptors (Lipinski definition) is 25. The Hall–Kier alpha value is -5.95. The Balaban J connectivity index is 1.34. The van der Waals surface area contributed by atoms with Crippen LogP contribution in [0, 0.1) is 0 Å². The predicted octanol–water partition coefficient (Wildman–Crippen LogP) is 3.97. The average molecular weight is 1320 g/mol. The van der Waals surface area contributed by atoms with Crippen LogP contribution in [0.2, 0.25) is 0 Å². The molecule has 3 aliphatic heterocycles. The highest BCUT2D eigenvalue weighted by molar-refractivity contribution is 7.87. The lowest BCUT2D eigenvalue weighted by atomic mass is 9.74. The first-order valence-electron chi connectivity index (χ1n) is 27.5. The van der Waals surface area contributed by atoms with Gasteiger partial charge in [-0.1, -0.05) is 30.7 Å². The van der Waals surface area contributed by atoms with Crippen LogP contribution in [-0.4, -0.2) is 184 Å². The van der Waals surface area contributed by atoms with Crippen molar-refractivity contribution in [2.75, 3.05) is 90.8 Å². The topological polar surface area (TPSA) is 402 Å². The minimum atomic E-state index is -5.44. The number of benzene rings is 4. The van der Waals surface area contributed by atoms with E-state index in [-0.39, 0.29) is 125 Å². The van der Waals surface area contributed by atoms with Crippen molar-refractivity contribution in [2.45, 2.75) is 102 Å². The van der Waals surface area contributed by atoms with Gasteiger partial charge in [0.25, 0.3) is 11.8 Å². The van der Waals surface area contributed by atoms with Gasteiger partial charge in [-0.15, -0.1) is 5.06 Å². The van der Waals surface area contributed by atoms with Crippen LogP contribution in [0.4, 0.5) is 11.4 Å². The number of imide groups is 1. The number of fused-ring (bicyclic) bond motifs is 6. The summed E-state index contributed by atoms with van der Waals surface area (Å²) in [5.41, 5.74) is -0.603. The van der Waals surface area contributed by atoms with Gasteiger partial charge >= 0.3 is 5.97 Å². The number of anilines is 1. The summed E-state index contributed by atoms with van der Waals surface area (Å²) in [4.78, 5) is 39.8. The van der Waals surface area contributed by atoms with Crippen LogP contribution >= 0.6 is 0 Å². The summed E-state index contributed by atoms with van der Waals surface area (Å²) < 4.78 is 218. The van der Waals surface area contributed by atoms with E-state index < -0.39 is 105 Å². The number of nitrogens with zero attached hydrogens (tertiary/aromatic N) is 3. The van der Waals surface area contributed by atoms with Gasteiger partial charge in [-0.25, -0.2) is 46.9 Å². The number of ether oxygens (including phenoxy) is 5. The highest BCUT2D eigenvalue weighted by Gasteiger charge is 2.49.